The molecule has 0 aliphatic rings. The zero-order valence-electron chi connectivity index (χ0n) is 28.4. The van der Waals surface area contributed by atoms with Crippen LogP contribution < -0.4 is 20.7 Å². The van der Waals surface area contributed by atoms with Gasteiger partial charge in [0.15, 0.2) is 0 Å². The van der Waals surface area contributed by atoms with E-state index in [1.807, 2.05) is 0 Å². The monoisotopic (exact) mass is 792 g/mol. The van der Waals surface area contributed by atoms with E-state index in [9.17, 15) is 0 Å². The van der Waals surface area contributed by atoms with Crippen LogP contribution in [0.15, 0.2) is 109 Å². The van der Waals surface area contributed by atoms with Crippen molar-refractivity contribution >= 4 is 66.5 Å². The molecule has 6 rings (SSSR count). The predicted molar refractivity (Wildman–Crippen MR) is 205 cm³/mol. The van der Waals surface area contributed by atoms with Crippen LogP contribution in [-0.4, -0.2) is 24.2 Å². The molecule has 0 bridgehead atoms. The third-order valence-corrected chi connectivity index (χ3v) is 16.7. The van der Waals surface area contributed by atoms with Crippen molar-refractivity contribution in [2.45, 2.75) is 52.4 Å². The van der Waals surface area contributed by atoms with Crippen molar-refractivity contribution in [2.75, 3.05) is 0 Å². The zero-order valence-corrected chi connectivity index (χ0v) is 35.0. The number of benzene rings is 4. The first kappa shape index (κ1) is 36.1. The van der Waals surface area contributed by atoms with Gasteiger partial charge >= 0.3 is 25.8 Å². The van der Waals surface area contributed by atoms with Gasteiger partial charge in [0.2, 0.25) is 0 Å². The maximum atomic E-state index is 2.51. The van der Waals surface area contributed by atoms with Crippen LogP contribution in [0.1, 0.15) is 0 Å². The Balaban J connectivity index is 0.00000176. The Morgan fingerprint density at radius 1 is 0.455 bits per heavy atom. The molecule has 0 nitrogen and oxygen atoms in total. The molecule has 44 heavy (non-hydrogen) atoms. The van der Waals surface area contributed by atoms with E-state index in [2.05, 4.69) is 162 Å². The molecule has 0 fully saturated rings. The fourth-order valence-electron chi connectivity index (χ4n) is 6.16. The summed E-state index contributed by atoms with van der Waals surface area (Å²) in [7, 11) is -4.55. The van der Waals surface area contributed by atoms with Crippen LogP contribution in [0.5, 0.6) is 0 Å². The van der Waals surface area contributed by atoms with Crippen LogP contribution in [0, 0.1) is 14.9 Å². The second-order valence-electron chi connectivity index (χ2n) is 14.4. The summed E-state index contributed by atoms with van der Waals surface area (Å²) >= 11 is 0. The second kappa shape index (κ2) is 13.2. The molecule has 6 aromatic carbocycles. The summed E-state index contributed by atoms with van der Waals surface area (Å²) in [5.74, 6) is 0. The Bertz CT molecular complexity index is 1720. The van der Waals surface area contributed by atoms with E-state index in [1.54, 1.807) is 0 Å². The Labute approximate surface area is 289 Å². The van der Waals surface area contributed by atoms with Crippen LogP contribution in [-0.2, 0) is 25.8 Å². The summed E-state index contributed by atoms with van der Waals surface area (Å²) in [5, 5.41) is 11.5. The first-order valence-corrected chi connectivity index (χ1v) is 24.9. The van der Waals surface area contributed by atoms with Crippen molar-refractivity contribution < 1.29 is 25.8 Å². The van der Waals surface area contributed by atoms with E-state index in [4.69, 9.17) is 0 Å². The van der Waals surface area contributed by atoms with Crippen molar-refractivity contribution in [3.8, 4) is 22.3 Å². The maximum absolute atomic E-state index is 2.51. The Morgan fingerprint density at radius 3 is 1.11 bits per heavy atom. The fourth-order valence-corrected chi connectivity index (χ4v) is 10.9. The van der Waals surface area contributed by atoms with Gasteiger partial charge in [-0.15, -0.1) is 68.3 Å². The summed E-state index contributed by atoms with van der Waals surface area (Å²) in [6, 6.07) is 42.3. The molecule has 0 amide bonds. The van der Waals surface area contributed by atoms with Gasteiger partial charge in [-0.1, -0.05) is 135 Å². The van der Waals surface area contributed by atoms with Crippen molar-refractivity contribution in [3.63, 3.8) is 0 Å². The molecule has 0 heterocycles. The van der Waals surface area contributed by atoms with Gasteiger partial charge in [0.05, 0.1) is 24.2 Å². The third-order valence-electron chi connectivity index (χ3n) is 9.07. The molecule has 6 aromatic rings. The topological polar surface area (TPSA) is 0 Å². The third kappa shape index (κ3) is 6.74. The van der Waals surface area contributed by atoms with Crippen LogP contribution in [0.3, 0.4) is 0 Å². The zero-order chi connectivity index (χ0) is 29.2. The van der Waals surface area contributed by atoms with E-state index in [0.29, 0.717) is 0 Å². The van der Waals surface area contributed by atoms with Crippen molar-refractivity contribution in [3.05, 3.63) is 124 Å². The summed E-state index contributed by atoms with van der Waals surface area (Å²) in [6.07, 6.45) is 0. The number of rotatable bonds is 6. The quantitative estimate of drug-likeness (QED) is 0.117. The summed E-state index contributed by atoms with van der Waals surface area (Å²) in [4.78, 5) is 0. The van der Waals surface area contributed by atoms with E-state index in [0.717, 1.165) is 0 Å². The molecule has 0 saturated carbocycles. The number of hydrogen-bond donors (Lipinski definition) is 0. The van der Waals surface area contributed by atoms with Crippen molar-refractivity contribution in [2.24, 2.45) is 0 Å². The predicted octanol–water partition coefficient (Wildman–Crippen LogP) is 9.58. The SMILES string of the molecule is C[Si](C)(C)c1ccc(-c2cccc3[cH-]c([Si](C)(C)c4cc5c(-c6ccc([Si](C)(C)C)cc6)cccc5[cH-]4)cc23)cc1.[CH3-].[CH3-].[Hf+4]. The Hall–Kier alpha value is -2.38. The molecule has 0 saturated heterocycles. The molecule has 4 heteroatoms. The smallest absolute Gasteiger partial charge is 0.358 e. The number of fused-ring (bicyclic) bond motifs is 2. The van der Waals surface area contributed by atoms with Gasteiger partial charge in [-0.05, 0) is 11.1 Å². The molecule has 224 valence electrons. The molecule has 0 spiro atoms. The van der Waals surface area contributed by atoms with Gasteiger partial charge in [-0.3, -0.25) is 0 Å². The van der Waals surface area contributed by atoms with Gasteiger partial charge in [-0.2, -0.15) is 12.1 Å². The van der Waals surface area contributed by atoms with Crippen LogP contribution >= 0.6 is 0 Å². The first-order chi connectivity index (χ1) is 19.3. The van der Waals surface area contributed by atoms with Gasteiger partial charge in [-0.25, -0.2) is 0 Å². The van der Waals surface area contributed by atoms with E-state index < -0.39 is 24.2 Å². The fraction of sp³-hybridized carbons (Fsp3) is 0.200. The average molecular weight is 792 g/mol. The molecule has 0 unspecified atom stereocenters. The summed E-state index contributed by atoms with van der Waals surface area (Å²) in [6.45, 7) is 19.5. The standard InChI is InChI=1S/C38H42Si3.2CH3.Hf/c1-39(2,3)31-19-15-27(16-20-31)35-13-9-11-29-23-33(25-37(29)35)41(7,8)34-24-30-12-10-14-36(38(30)26-34)28-17-21-32(22-18-28)40(4,5)6;;;/h9-26H,1-8H3;2*1H3;/q-2;2*-1;+4. The van der Waals surface area contributed by atoms with Gasteiger partial charge in [0, 0.05) is 0 Å². The largest absolute Gasteiger partial charge is 4.00 e. The van der Waals surface area contributed by atoms with Crippen LogP contribution in [0.4, 0.5) is 0 Å². The van der Waals surface area contributed by atoms with Crippen molar-refractivity contribution in [1.29, 1.82) is 0 Å². The van der Waals surface area contributed by atoms with Gasteiger partial charge in [0.1, 0.15) is 0 Å². The average Bonchev–Trinajstić information content (AvgIpc) is 3.58. The molecule has 0 aromatic heterocycles. The minimum Gasteiger partial charge on any atom is -0.358 e. The minimum absolute atomic E-state index is 0. The molecule has 0 aliphatic carbocycles. The molecule has 0 atom stereocenters. The first-order valence-electron chi connectivity index (χ1n) is 14.9. The van der Waals surface area contributed by atoms with Gasteiger partial charge < -0.3 is 14.9 Å². The molecule has 0 aliphatic heterocycles. The van der Waals surface area contributed by atoms with E-state index in [1.165, 1.54) is 64.5 Å². The Kier molecular flexibility index (Phi) is 10.8. The summed E-state index contributed by atoms with van der Waals surface area (Å²) < 4.78 is 0. The molecule has 0 N–H and O–H groups in total. The van der Waals surface area contributed by atoms with E-state index in [-0.39, 0.29) is 40.7 Å². The van der Waals surface area contributed by atoms with Crippen LogP contribution in [0.25, 0.3) is 43.8 Å². The van der Waals surface area contributed by atoms with Crippen molar-refractivity contribution in [1.82, 2.24) is 0 Å². The number of hydrogen-bond acceptors (Lipinski definition) is 0. The maximum Gasteiger partial charge on any atom is 4.00 e. The molecular weight excluding hydrogens is 743 g/mol. The molecular formula is C40H48HfSi3. The van der Waals surface area contributed by atoms with Gasteiger partial charge in [0.25, 0.3) is 0 Å². The van der Waals surface area contributed by atoms with E-state index >= 15 is 0 Å². The summed E-state index contributed by atoms with van der Waals surface area (Å²) in [5.41, 5.74) is 5.32. The normalized spacial score (nSPS) is 12.0. The molecule has 0 radical (unpaired) electrons. The van der Waals surface area contributed by atoms with Crippen LogP contribution in [0.2, 0.25) is 52.4 Å². The Morgan fingerprint density at radius 2 is 0.795 bits per heavy atom. The minimum atomic E-state index is -1.93. The second-order valence-corrected chi connectivity index (χ2v) is 28.9.